The molecule has 1 heterocycles. The molecule has 1 rings (SSSR count). The van der Waals surface area contributed by atoms with Crippen LogP contribution in [0.4, 0.5) is 0 Å². The normalized spacial score (nSPS) is 8.77. The van der Waals surface area contributed by atoms with Crippen molar-refractivity contribution in [1.82, 2.24) is 0 Å². The summed E-state index contributed by atoms with van der Waals surface area (Å²) in [6.45, 7) is 2.21. The van der Waals surface area contributed by atoms with Gasteiger partial charge in [-0.1, -0.05) is 0 Å². The van der Waals surface area contributed by atoms with E-state index in [1.165, 1.54) is 0 Å². The lowest BCUT2D eigenvalue weighted by Gasteiger charge is -1.98. The van der Waals surface area contributed by atoms with Crippen LogP contribution in [0.3, 0.4) is 0 Å². The molecule has 0 spiro atoms. The molecule has 1 aromatic rings. The Morgan fingerprint density at radius 2 is 2.31 bits per heavy atom. The fourth-order valence-electron chi connectivity index (χ4n) is 0.923. The Morgan fingerprint density at radius 3 is 2.85 bits per heavy atom. The Bertz CT molecular complexity index is 289. The predicted molar refractivity (Wildman–Crippen MR) is 59.0 cm³/mol. The maximum absolute atomic E-state index is 11.2. The summed E-state index contributed by atoms with van der Waals surface area (Å²) in [5, 5.41) is 0. The van der Waals surface area contributed by atoms with Crippen molar-refractivity contribution >= 4 is 29.9 Å². The zero-order valence-corrected chi connectivity index (χ0v) is 10.0. The van der Waals surface area contributed by atoms with E-state index in [1.807, 2.05) is 23.9 Å². The van der Waals surface area contributed by atoms with Crippen LogP contribution in [0.2, 0.25) is 0 Å². The number of carbonyl (C=O) groups excluding carboxylic acids is 1. The van der Waals surface area contributed by atoms with Crippen LogP contribution in [0.1, 0.15) is 17.3 Å². The fourth-order valence-corrected chi connectivity index (χ4v) is 0.923. The van der Waals surface area contributed by atoms with Crippen molar-refractivity contribution in [2.24, 2.45) is 7.05 Å². The monoisotopic (exact) mass is 294 g/mol. The van der Waals surface area contributed by atoms with Crippen molar-refractivity contribution in [2.45, 2.75) is 6.92 Å². The van der Waals surface area contributed by atoms with E-state index >= 15 is 0 Å². The van der Waals surface area contributed by atoms with Gasteiger partial charge < -0.3 is 4.74 Å². The first-order valence-electron chi connectivity index (χ1n) is 3.86. The number of rotatable bonds is 2. The first-order valence-corrected chi connectivity index (χ1v) is 3.86. The molecule has 13 heavy (non-hydrogen) atoms. The molecule has 0 aliphatic heterocycles. The molecule has 1 aromatic heterocycles. The predicted octanol–water partition coefficient (Wildman–Crippen LogP) is 1.31. The molecule has 0 aliphatic carbocycles. The van der Waals surface area contributed by atoms with Gasteiger partial charge in [-0.15, -0.1) is 24.0 Å². The average Bonchev–Trinajstić information content (AvgIpc) is 2.05. The Kier molecular flexibility index (Phi) is 5.61. The van der Waals surface area contributed by atoms with E-state index in [4.69, 9.17) is 4.74 Å². The van der Waals surface area contributed by atoms with E-state index in [2.05, 4.69) is 0 Å². The number of aryl methyl sites for hydroxylation is 1. The molecule has 0 saturated heterocycles. The summed E-state index contributed by atoms with van der Waals surface area (Å²) in [5.74, 6) is -0.270. The molecule has 0 atom stereocenters. The first-order chi connectivity index (χ1) is 5.74. The summed E-state index contributed by atoms with van der Waals surface area (Å²) in [4.78, 5) is 11.2. The standard InChI is InChI=1S/C9H12NO2.HI/c1-3-12-9(11)8-5-4-6-10(2)7-8;/h4-7H,3H2,1-2H3;1H/q+1;. The van der Waals surface area contributed by atoms with E-state index in [9.17, 15) is 4.79 Å². The highest BCUT2D eigenvalue weighted by Gasteiger charge is 2.08. The number of aromatic nitrogens is 1. The summed E-state index contributed by atoms with van der Waals surface area (Å²) in [7, 11) is 1.86. The summed E-state index contributed by atoms with van der Waals surface area (Å²) in [6, 6.07) is 3.55. The molecule has 0 aliphatic rings. The summed E-state index contributed by atoms with van der Waals surface area (Å²) >= 11 is 0. The van der Waals surface area contributed by atoms with Crippen LogP contribution in [-0.4, -0.2) is 12.6 Å². The highest BCUT2D eigenvalue weighted by Crippen LogP contribution is 1.96. The van der Waals surface area contributed by atoms with Crippen molar-refractivity contribution in [3.8, 4) is 0 Å². The number of esters is 1. The molecule has 72 valence electrons. The van der Waals surface area contributed by atoms with Gasteiger partial charge in [0.2, 0.25) is 0 Å². The third-order valence-corrected chi connectivity index (χ3v) is 1.45. The third-order valence-electron chi connectivity index (χ3n) is 1.45. The van der Waals surface area contributed by atoms with E-state index < -0.39 is 0 Å². The second kappa shape index (κ2) is 5.90. The van der Waals surface area contributed by atoms with Crippen molar-refractivity contribution in [1.29, 1.82) is 0 Å². The van der Waals surface area contributed by atoms with Crippen LogP contribution < -0.4 is 4.57 Å². The lowest BCUT2D eigenvalue weighted by atomic mass is 10.3. The van der Waals surface area contributed by atoms with Gasteiger partial charge in [0.15, 0.2) is 12.4 Å². The molecule has 0 amide bonds. The quantitative estimate of drug-likeness (QED) is 0.468. The van der Waals surface area contributed by atoms with Crippen LogP contribution in [0.25, 0.3) is 0 Å². The number of ether oxygens (including phenoxy) is 1. The topological polar surface area (TPSA) is 30.2 Å². The van der Waals surface area contributed by atoms with Gasteiger partial charge in [0.05, 0.1) is 6.61 Å². The van der Waals surface area contributed by atoms with Gasteiger partial charge in [-0.25, -0.2) is 9.36 Å². The molecule has 0 bridgehead atoms. The van der Waals surface area contributed by atoms with Gasteiger partial charge in [0.1, 0.15) is 12.6 Å². The minimum atomic E-state index is -0.270. The van der Waals surface area contributed by atoms with Crippen molar-refractivity contribution in [2.75, 3.05) is 6.61 Å². The number of hydrogen-bond donors (Lipinski definition) is 0. The number of halogens is 1. The zero-order valence-electron chi connectivity index (χ0n) is 7.69. The SMILES string of the molecule is CCOC(=O)c1ccc[n+](C)c1.I. The van der Waals surface area contributed by atoms with Gasteiger partial charge in [0.25, 0.3) is 0 Å². The van der Waals surface area contributed by atoms with Crippen LogP contribution in [0.5, 0.6) is 0 Å². The maximum atomic E-state index is 11.2. The van der Waals surface area contributed by atoms with Crippen molar-refractivity contribution in [3.63, 3.8) is 0 Å². The Labute approximate surface area is 94.7 Å². The molecule has 0 N–H and O–H groups in total. The second-order valence-corrected chi connectivity index (χ2v) is 2.48. The van der Waals surface area contributed by atoms with Gasteiger partial charge in [-0.2, -0.15) is 0 Å². The number of hydrogen-bond acceptors (Lipinski definition) is 2. The molecule has 0 radical (unpaired) electrons. The summed E-state index contributed by atoms with van der Waals surface area (Å²) < 4.78 is 6.64. The molecule has 0 unspecified atom stereocenters. The van der Waals surface area contributed by atoms with Crippen LogP contribution in [0.15, 0.2) is 24.5 Å². The molecular formula is C9H13INO2+. The lowest BCUT2D eigenvalue weighted by Crippen LogP contribution is -2.28. The van der Waals surface area contributed by atoms with Crippen LogP contribution in [-0.2, 0) is 11.8 Å². The van der Waals surface area contributed by atoms with Crippen LogP contribution in [0, 0.1) is 0 Å². The Morgan fingerprint density at radius 1 is 1.62 bits per heavy atom. The number of pyridine rings is 1. The highest BCUT2D eigenvalue weighted by molar-refractivity contribution is 14.0. The van der Waals surface area contributed by atoms with E-state index in [-0.39, 0.29) is 29.9 Å². The molecule has 0 aromatic carbocycles. The molecular weight excluding hydrogens is 281 g/mol. The smallest absolute Gasteiger partial charge is 0.344 e. The number of nitrogens with zero attached hydrogens (tertiary/aromatic N) is 1. The molecule has 3 nitrogen and oxygen atoms in total. The van der Waals surface area contributed by atoms with Gasteiger partial charge in [-0.05, 0) is 13.0 Å². The Hall–Kier alpha value is -0.650. The molecule has 0 saturated carbocycles. The van der Waals surface area contributed by atoms with Crippen molar-refractivity contribution in [3.05, 3.63) is 30.1 Å². The van der Waals surface area contributed by atoms with E-state index in [1.54, 1.807) is 19.2 Å². The van der Waals surface area contributed by atoms with Gasteiger partial charge in [0, 0.05) is 6.07 Å². The summed E-state index contributed by atoms with van der Waals surface area (Å²) in [5.41, 5.74) is 0.585. The van der Waals surface area contributed by atoms with E-state index in [0.717, 1.165) is 0 Å². The number of carbonyl (C=O) groups is 1. The van der Waals surface area contributed by atoms with Gasteiger partial charge in [-0.3, -0.25) is 0 Å². The molecule has 0 fully saturated rings. The lowest BCUT2D eigenvalue weighted by molar-refractivity contribution is -0.671. The van der Waals surface area contributed by atoms with Crippen LogP contribution >= 0.6 is 24.0 Å². The van der Waals surface area contributed by atoms with Crippen molar-refractivity contribution < 1.29 is 14.1 Å². The largest absolute Gasteiger partial charge is 0.462 e. The van der Waals surface area contributed by atoms with E-state index in [0.29, 0.717) is 12.2 Å². The maximum Gasteiger partial charge on any atom is 0.344 e. The zero-order chi connectivity index (χ0) is 8.97. The highest BCUT2D eigenvalue weighted by atomic mass is 127. The first kappa shape index (κ1) is 12.3. The molecule has 4 heteroatoms. The minimum absolute atomic E-state index is 0. The summed E-state index contributed by atoms with van der Waals surface area (Å²) in [6.07, 6.45) is 3.60. The minimum Gasteiger partial charge on any atom is -0.462 e. The third kappa shape index (κ3) is 3.71. The van der Waals surface area contributed by atoms with Gasteiger partial charge >= 0.3 is 5.97 Å². The second-order valence-electron chi connectivity index (χ2n) is 2.48. The Balaban J connectivity index is 0.00000144. The fraction of sp³-hybridized carbons (Fsp3) is 0.333. The average molecular weight is 294 g/mol.